The average molecular weight is 195 g/mol. The Balaban J connectivity index is 2.23. The van der Waals surface area contributed by atoms with E-state index >= 15 is 0 Å². The van der Waals surface area contributed by atoms with Gasteiger partial charge in [0.2, 0.25) is 0 Å². The lowest BCUT2D eigenvalue weighted by atomic mass is 10.0. The van der Waals surface area contributed by atoms with Crippen LogP contribution in [-0.2, 0) is 12.8 Å². The van der Waals surface area contributed by atoms with Gasteiger partial charge in [0.15, 0.2) is 0 Å². The van der Waals surface area contributed by atoms with Gasteiger partial charge in [0, 0.05) is 15.8 Å². The zero-order chi connectivity index (χ0) is 9.42. The van der Waals surface area contributed by atoms with Gasteiger partial charge >= 0.3 is 0 Å². The van der Waals surface area contributed by atoms with E-state index in [1.54, 1.807) is 10.4 Å². The lowest BCUT2D eigenvalue weighted by Crippen LogP contribution is -2.15. The Bertz CT molecular complexity index is 280. The van der Waals surface area contributed by atoms with Crippen LogP contribution in [0.5, 0.6) is 0 Å². The summed E-state index contributed by atoms with van der Waals surface area (Å²) in [7, 11) is 0. The molecule has 1 heterocycles. The molecule has 1 atom stereocenters. The smallest absolute Gasteiger partial charge is 0.0413 e. The van der Waals surface area contributed by atoms with Crippen molar-refractivity contribution < 1.29 is 0 Å². The number of thiophene rings is 1. The van der Waals surface area contributed by atoms with E-state index in [0.717, 1.165) is 0 Å². The predicted octanol–water partition coefficient (Wildman–Crippen LogP) is 2.89. The highest BCUT2D eigenvalue weighted by Gasteiger charge is 2.19. The summed E-state index contributed by atoms with van der Waals surface area (Å²) in [6, 6.07) is 2.58. The van der Waals surface area contributed by atoms with Crippen LogP contribution in [0.1, 0.15) is 41.6 Å². The molecule has 0 bridgehead atoms. The maximum atomic E-state index is 6.11. The Morgan fingerprint density at radius 3 is 2.77 bits per heavy atom. The Hall–Kier alpha value is -0.340. The van der Waals surface area contributed by atoms with Gasteiger partial charge in [0.1, 0.15) is 0 Å². The lowest BCUT2D eigenvalue weighted by molar-refractivity contribution is 0.521. The highest BCUT2D eigenvalue weighted by Crippen LogP contribution is 2.34. The summed E-state index contributed by atoms with van der Waals surface area (Å²) < 4.78 is 0. The number of aryl methyl sites for hydroxylation is 2. The van der Waals surface area contributed by atoms with Crippen molar-refractivity contribution in [1.29, 1.82) is 0 Å². The van der Waals surface area contributed by atoms with Crippen molar-refractivity contribution in [2.75, 3.05) is 0 Å². The summed E-state index contributed by atoms with van der Waals surface area (Å²) in [6.07, 6.45) is 3.90. The zero-order valence-corrected chi connectivity index (χ0v) is 9.16. The van der Waals surface area contributed by atoms with Crippen LogP contribution >= 0.6 is 11.3 Å². The van der Waals surface area contributed by atoms with Crippen molar-refractivity contribution in [2.45, 2.75) is 39.2 Å². The van der Waals surface area contributed by atoms with Crippen LogP contribution in [0.25, 0.3) is 0 Å². The van der Waals surface area contributed by atoms with Crippen molar-refractivity contribution in [3.8, 4) is 0 Å². The van der Waals surface area contributed by atoms with Crippen molar-refractivity contribution in [2.24, 2.45) is 11.7 Å². The molecular weight excluding hydrogens is 178 g/mol. The van der Waals surface area contributed by atoms with Gasteiger partial charge in [-0.2, -0.15) is 0 Å². The van der Waals surface area contributed by atoms with E-state index < -0.39 is 0 Å². The Morgan fingerprint density at radius 1 is 1.38 bits per heavy atom. The second-order valence-corrected chi connectivity index (χ2v) is 5.39. The molecule has 0 saturated carbocycles. The van der Waals surface area contributed by atoms with Crippen LogP contribution < -0.4 is 5.73 Å². The number of hydrogen-bond acceptors (Lipinski definition) is 2. The quantitative estimate of drug-likeness (QED) is 0.771. The SMILES string of the molecule is CC(C)C(N)c1cc2c(s1)CCC2. The Labute approximate surface area is 84.0 Å². The third kappa shape index (κ3) is 1.65. The van der Waals surface area contributed by atoms with Gasteiger partial charge in [-0.3, -0.25) is 0 Å². The van der Waals surface area contributed by atoms with Crippen LogP contribution in [0, 0.1) is 5.92 Å². The highest BCUT2D eigenvalue weighted by molar-refractivity contribution is 7.12. The van der Waals surface area contributed by atoms with Gasteiger partial charge in [0.05, 0.1) is 0 Å². The van der Waals surface area contributed by atoms with E-state index in [-0.39, 0.29) is 6.04 Å². The second kappa shape index (κ2) is 3.43. The minimum atomic E-state index is 0.246. The van der Waals surface area contributed by atoms with Crippen LogP contribution in [-0.4, -0.2) is 0 Å². The fourth-order valence-corrected chi connectivity index (χ4v) is 3.28. The summed E-state index contributed by atoms with van der Waals surface area (Å²) in [5.41, 5.74) is 7.68. The van der Waals surface area contributed by atoms with Crippen molar-refractivity contribution >= 4 is 11.3 Å². The summed E-state index contributed by atoms with van der Waals surface area (Å²) in [5, 5.41) is 0. The molecule has 0 radical (unpaired) electrons. The van der Waals surface area contributed by atoms with Crippen LogP contribution in [0.2, 0.25) is 0 Å². The van der Waals surface area contributed by atoms with Crippen LogP contribution in [0.3, 0.4) is 0 Å². The normalized spacial score (nSPS) is 17.8. The van der Waals surface area contributed by atoms with E-state index in [9.17, 15) is 0 Å². The molecule has 0 amide bonds. The second-order valence-electron chi connectivity index (χ2n) is 4.22. The molecule has 1 aliphatic rings. The number of rotatable bonds is 2. The molecule has 0 fully saturated rings. The van der Waals surface area contributed by atoms with E-state index in [1.165, 1.54) is 24.1 Å². The Kier molecular flexibility index (Phi) is 2.43. The van der Waals surface area contributed by atoms with Gasteiger partial charge in [-0.15, -0.1) is 11.3 Å². The van der Waals surface area contributed by atoms with Gasteiger partial charge in [0.25, 0.3) is 0 Å². The summed E-state index contributed by atoms with van der Waals surface area (Å²) >= 11 is 1.93. The van der Waals surface area contributed by atoms with Crippen molar-refractivity contribution in [3.05, 3.63) is 21.4 Å². The van der Waals surface area contributed by atoms with Crippen molar-refractivity contribution in [3.63, 3.8) is 0 Å². The molecular formula is C11H17NS. The first-order valence-corrected chi connectivity index (χ1v) is 5.87. The lowest BCUT2D eigenvalue weighted by Gasteiger charge is -2.13. The molecule has 1 aromatic heterocycles. The molecule has 0 saturated heterocycles. The van der Waals surface area contributed by atoms with E-state index in [2.05, 4.69) is 19.9 Å². The van der Waals surface area contributed by atoms with Crippen LogP contribution in [0.4, 0.5) is 0 Å². The molecule has 13 heavy (non-hydrogen) atoms. The largest absolute Gasteiger partial charge is 0.323 e. The number of hydrogen-bond donors (Lipinski definition) is 1. The Morgan fingerprint density at radius 2 is 2.15 bits per heavy atom. The fourth-order valence-electron chi connectivity index (χ4n) is 1.84. The maximum absolute atomic E-state index is 6.11. The van der Waals surface area contributed by atoms with E-state index in [4.69, 9.17) is 5.73 Å². The molecule has 1 nitrogen and oxygen atoms in total. The summed E-state index contributed by atoms with van der Waals surface area (Å²) in [5.74, 6) is 0.554. The molecule has 0 aromatic carbocycles. The molecule has 2 heteroatoms. The third-order valence-corrected chi connectivity index (χ3v) is 4.15. The van der Waals surface area contributed by atoms with Gasteiger partial charge in [-0.25, -0.2) is 0 Å². The predicted molar refractivity (Wildman–Crippen MR) is 58.1 cm³/mol. The first-order valence-electron chi connectivity index (χ1n) is 5.05. The number of fused-ring (bicyclic) bond motifs is 1. The standard InChI is InChI=1S/C11H17NS/c1-7(2)11(12)10-6-8-4-3-5-9(8)13-10/h6-7,11H,3-5,12H2,1-2H3. The molecule has 72 valence electrons. The van der Waals surface area contributed by atoms with Crippen LogP contribution in [0.15, 0.2) is 6.07 Å². The monoisotopic (exact) mass is 195 g/mol. The summed E-state index contributed by atoms with van der Waals surface area (Å²) in [4.78, 5) is 2.98. The van der Waals surface area contributed by atoms with E-state index in [1.807, 2.05) is 11.3 Å². The van der Waals surface area contributed by atoms with Gasteiger partial charge in [-0.05, 0) is 36.8 Å². The molecule has 2 rings (SSSR count). The molecule has 0 aliphatic heterocycles. The zero-order valence-electron chi connectivity index (χ0n) is 8.34. The molecule has 0 spiro atoms. The maximum Gasteiger partial charge on any atom is 0.0413 e. The third-order valence-electron chi connectivity index (χ3n) is 2.81. The molecule has 1 unspecified atom stereocenters. The first-order chi connectivity index (χ1) is 6.18. The fraction of sp³-hybridized carbons (Fsp3) is 0.636. The molecule has 1 aromatic rings. The molecule has 1 aliphatic carbocycles. The minimum Gasteiger partial charge on any atom is -0.323 e. The van der Waals surface area contributed by atoms with Gasteiger partial charge < -0.3 is 5.73 Å². The van der Waals surface area contributed by atoms with Crippen molar-refractivity contribution in [1.82, 2.24) is 0 Å². The molecule has 2 N–H and O–H groups in total. The minimum absolute atomic E-state index is 0.246. The van der Waals surface area contributed by atoms with E-state index in [0.29, 0.717) is 5.92 Å². The number of nitrogens with two attached hydrogens (primary N) is 1. The first kappa shape index (κ1) is 9.22. The average Bonchev–Trinajstić information content (AvgIpc) is 2.59. The summed E-state index contributed by atoms with van der Waals surface area (Å²) in [6.45, 7) is 4.38. The topological polar surface area (TPSA) is 26.0 Å². The van der Waals surface area contributed by atoms with Gasteiger partial charge in [-0.1, -0.05) is 13.8 Å². The highest BCUT2D eigenvalue weighted by atomic mass is 32.1.